The number of aromatic hydroxyl groups is 1. The molecule has 1 heterocycles. The SMILES string of the molecule is COc1cc(C=C2NC(=O)NC2=O)c(Br)c(Br)c1O. The zero-order valence-corrected chi connectivity index (χ0v) is 12.8. The van der Waals surface area contributed by atoms with Gasteiger partial charge in [0, 0.05) is 4.47 Å². The van der Waals surface area contributed by atoms with Gasteiger partial charge in [-0.2, -0.15) is 0 Å². The maximum Gasteiger partial charge on any atom is 0.326 e. The molecular formula is C11H8Br2N2O4. The van der Waals surface area contributed by atoms with E-state index >= 15 is 0 Å². The van der Waals surface area contributed by atoms with Crippen LogP contribution in [0.1, 0.15) is 5.56 Å². The number of phenolic OH excluding ortho intramolecular Hbond substituents is 1. The number of carbonyl (C=O) groups excluding carboxylic acids is 2. The molecule has 0 unspecified atom stereocenters. The molecule has 1 aliphatic heterocycles. The van der Waals surface area contributed by atoms with Crippen LogP contribution in [0.2, 0.25) is 0 Å². The van der Waals surface area contributed by atoms with Crippen LogP contribution in [0.3, 0.4) is 0 Å². The molecule has 2 rings (SSSR count). The highest BCUT2D eigenvalue weighted by atomic mass is 79.9. The highest BCUT2D eigenvalue weighted by Crippen LogP contribution is 2.42. The number of hydrogen-bond acceptors (Lipinski definition) is 4. The zero-order chi connectivity index (χ0) is 14.2. The van der Waals surface area contributed by atoms with Crippen molar-refractivity contribution in [1.82, 2.24) is 10.6 Å². The second-order valence-corrected chi connectivity index (χ2v) is 5.20. The molecule has 1 saturated heterocycles. The molecule has 0 atom stereocenters. The zero-order valence-electron chi connectivity index (χ0n) is 9.58. The molecule has 19 heavy (non-hydrogen) atoms. The molecule has 0 aliphatic carbocycles. The van der Waals surface area contributed by atoms with E-state index in [1.54, 1.807) is 0 Å². The molecule has 0 saturated carbocycles. The van der Waals surface area contributed by atoms with Gasteiger partial charge in [0.1, 0.15) is 5.70 Å². The van der Waals surface area contributed by atoms with Gasteiger partial charge in [-0.1, -0.05) is 0 Å². The van der Waals surface area contributed by atoms with Gasteiger partial charge >= 0.3 is 6.03 Å². The van der Waals surface area contributed by atoms with Crippen molar-refractivity contribution in [2.45, 2.75) is 0 Å². The third kappa shape index (κ3) is 2.59. The van der Waals surface area contributed by atoms with Crippen molar-refractivity contribution in [3.05, 3.63) is 26.3 Å². The molecule has 0 spiro atoms. The van der Waals surface area contributed by atoms with Crippen LogP contribution >= 0.6 is 31.9 Å². The quantitative estimate of drug-likeness (QED) is 0.532. The van der Waals surface area contributed by atoms with Crippen LogP contribution in [-0.2, 0) is 4.79 Å². The average molecular weight is 392 g/mol. The number of methoxy groups -OCH3 is 1. The van der Waals surface area contributed by atoms with Gasteiger partial charge in [-0.25, -0.2) is 4.79 Å². The Bertz CT molecular complexity index is 613. The molecule has 100 valence electrons. The Balaban J connectivity index is 2.52. The highest BCUT2D eigenvalue weighted by molar-refractivity contribution is 9.13. The van der Waals surface area contributed by atoms with E-state index in [0.717, 1.165) is 0 Å². The summed E-state index contributed by atoms with van der Waals surface area (Å²) < 4.78 is 5.94. The summed E-state index contributed by atoms with van der Waals surface area (Å²) in [6.45, 7) is 0. The van der Waals surface area contributed by atoms with Crippen LogP contribution < -0.4 is 15.4 Å². The third-order valence-electron chi connectivity index (χ3n) is 2.41. The van der Waals surface area contributed by atoms with Crippen molar-refractivity contribution >= 4 is 49.9 Å². The predicted molar refractivity (Wildman–Crippen MR) is 74.7 cm³/mol. The molecule has 0 bridgehead atoms. The molecule has 0 aromatic heterocycles. The van der Waals surface area contributed by atoms with Gasteiger partial charge in [-0.05, 0) is 49.6 Å². The largest absolute Gasteiger partial charge is 0.503 e. The Kier molecular flexibility index (Phi) is 3.81. The minimum Gasteiger partial charge on any atom is -0.503 e. The van der Waals surface area contributed by atoms with E-state index in [1.165, 1.54) is 19.3 Å². The van der Waals surface area contributed by atoms with Gasteiger partial charge in [0.05, 0.1) is 11.6 Å². The topological polar surface area (TPSA) is 87.7 Å². The molecule has 3 amide bonds. The number of imide groups is 1. The van der Waals surface area contributed by atoms with Crippen LogP contribution in [-0.4, -0.2) is 24.2 Å². The lowest BCUT2D eigenvalue weighted by Crippen LogP contribution is -2.22. The van der Waals surface area contributed by atoms with E-state index in [4.69, 9.17) is 4.74 Å². The van der Waals surface area contributed by atoms with Crippen LogP contribution in [0.15, 0.2) is 20.7 Å². The highest BCUT2D eigenvalue weighted by Gasteiger charge is 2.24. The lowest BCUT2D eigenvalue weighted by atomic mass is 10.1. The number of phenols is 1. The molecule has 6 nitrogen and oxygen atoms in total. The summed E-state index contributed by atoms with van der Waals surface area (Å²) in [5, 5.41) is 14.3. The van der Waals surface area contributed by atoms with Gasteiger partial charge in [0.2, 0.25) is 0 Å². The van der Waals surface area contributed by atoms with E-state index in [0.29, 0.717) is 14.5 Å². The molecule has 1 fully saturated rings. The number of halogens is 2. The second-order valence-electron chi connectivity index (χ2n) is 3.61. The summed E-state index contributed by atoms with van der Waals surface area (Å²) in [5.74, 6) is -0.330. The van der Waals surface area contributed by atoms with E-state index in [9.17, 15) is 14.7 Å². The first kappa shape index (κ1) is 13.9. The monoisotopic (exact) mass is 390 g/mol. The molecule has 0 radical (unpaired) electrons. The maximum atomic E-state index is 11.4. The first-order chi connectivity index (χ1) is 8.93. The van der Waals surface area contributed by atoms with Crippen molar-refractivity contribution in [3.8, 4) is 11.5 Å². The summed E-state index contributed by atoms with van der Waals surface area (Å²) in [7, 11) is 1.41. The number of rotatable bonds is 2. The Labute approximate surface area is 125 Å². The van der Waals surface area contributed by atoms with E-state index < -0.39 is 11.9 Å². The molecule has 8 heteroatoms. The van der Waals surface area contributed by atoms with Crippen molar-refractivity contribution in [2.24, 2.45) is 0 Å². The van der Waals surface area contributed by atoms with Crippen molar-refractivity contribution < 1.29 is 19.4 Å². The molecule has 3 N–H and O–H groups in total. The van der Waals surface area contributed by atoms with E-state index in [-0.39, 0.29) is 17.2 Å². The minimum absolute atomic E-state index is 0.0589. The Morgan fingerprint density at radius 1 is 1.26 bits per heavy atom. The number of urea groups is 1. The van der Waals surface area contributed by atoms with Crippen LogP contribution in [0.4, 0.5) is 4.79 Å². The Hall–Kier alpha value is -1.54. The number of ether oxygens (including phenoxy) is 1. The normalized spacial score (nSPS) is 16.5. The third-order valence-corrected chi connectivity index (χ3v) is 4.57. The molecule has 1 aliphatic rings. The van der Waals surface area contributed by atoms with Gasteiger partial charge in [0.15, 0.2) is 11.5 Å². The summed E-state index contributed by atoms with van der Waals surface area (Å²) >= 11 is 6.49. The van der Waals surface area contributed by atoms with Gasteiger partial charge in [0.25, 0.3) is 5.91 Å². The van der Waals surface area contributed by atoms with E-state index in [1.807, 2.05) is 0 Å². The summed E-state index contributed by atoms with van der Waals surface area (Å²) in [6, 6.07) is 0.965. The van der Waals surface area contributed by atoms with Crippen molar-refractivity contribution in [1.29, 1.82) is 0 Å². The van der Waals surface area contributed by atoms with Gasteiger partial charge in [-0.3, -0.25) is 10.1 Å². The Morgan fingerprint density at radius 2 is 1.95 bits per heavy atom. The fourth-order valence-corrected chi connectivity index (χ4v) is 2.35. The fraction of sp³-hybridized carbons (Fsp3) is 0.0909. The first-order valence-corrected chi connectivity index (χ1v) is 6.61. The van der Waals surface area contributed by atoms with E-state index in [2.05, 4.69) is 42.5 Å². The summed E-state index contributed by atoms with van der Waals surface area (Å²) in [6.07, 6.45) is 1.47. The molecule has 1 aromatic carbocycles. The lowest BCUT2D eigenvalue weighted by molar-refractivity contribution is -0.115. The predicted octanol–water partition coefficient (Wildman–Crippen LogP) is 2.11. The summed E-state index contributed by atoms with van der Waals surface area (Å²) in [4.78, 5) is 22.4. The summed E-state index contributed by atoms with van der Waals surface area (Å²) in [5.41, 5.74) is 0.680. The number of benzene rings is 1. The van der Waals surface area contributed by atoms with Crippen LogP contribution in [0.5, 0.6) is 11.5 Å². The minimum atomic E-state index is -0.572. The van der Waals surface area contributed by atoms with Crippen molar-refractivity contribution in [2.75, 3.05) is 7.11 Å². The smallest absolute Gasteiger partial charge is 0.326 e. The lowest BCUT2D eigenvalue weighted by Gasteiger charge is -2.10. The standard InChI is InChI=1S/C11H8Br2N2O4/c1-19-6-3-4(7(12)8(13)9(6)16)2-5-10(17)15-11(18)14-5/h2-3,16H,1H3,(H2,14,15,17,18). The number of carbonyl (C=O) groups is 2. The maximum absolute atomic E-state index is 11.4. The average Bonchev–Trinajstić information content (AvgIpc) is 2.68. The van der Waals surface area contributed by atoms with Crippen molar-refractivity contribution in [3.63, 3.8) is 0 Å². The van der Waals surface area contributed by atoms with Gasteiger partial charge in [-0.15, -0.1) is 0 Å². The van der Waals surface area contributed by atoms with Crippen LogP contribution in [0, 0.1) is 0 Å². The first-order valence-electron chi connectivity index (χ1n) is 5.03. The van der Waals surface area contributed by atoms with Crippen LogP contribution in [0.25, 0.3) is 6.08 Å². The van der Waals surface area contributed by atoms with Gasteiger partial charge < -0.3 is 15.2 Å². The number of amides is 3. The Morgan fingerprint density at radius 3 is 2.47 bits per heavy atom. The molecule has 1 aromatic rings. The number of nitrogens with one attached hydrogen (secondary N) is 2. The number of hydrogen-bond donors (Lipinski definition) is 3. The second kappa shape index (κ2) is 5.22. The molecular weight excluding hydrogens is 384 g/mol. The fourth-order valence-electron chi connectivity index (χ4n) is 1.51.